The molecule has 1 aromatic rings. The van der Waals surface area contributed by atoms with Crippen molar-refractivity contribution in [1.29, 1.82) is 0 Å². The summed E-state index contributed by atoms with van der Waals surface area (Å²) in [5, 5.41) is 0. The van der Waals surface area contributed by atoms with E-state index in [0.717, 1.165) is 11.1 Å². The molecule has 0 radical (unpaired) electrons. The zero-order valence-electron chi connectivity index (χ0n) is 11.2. The maximum absolute atomic E-state index is 11.3. The van der Waals surface area contributed by atoms with Crippen LogP contribution in [-0.4, -0.2) is 18.9 Å². The minimum Gasteiger partial charge on any atom is -0.482 e. The Kier molecular flexibility index (Phi) is 4.52. The Bertz CT molecular complexity index is 542. The molecule has 0 fully saturated rings. The predicted molar refractivity (Wildman–Crippen MR) is 74.6 cm³/mol. The van der Waals surface area contributed by atoms with Crippen molar-refractivity contribution in [2.75, 3.05) is 7.11 Å². The molecule has 1 amide bonds. The van der Waals surface area contributed by atoms with Gasteiger partial charge >= 0.3 is 0 Å². The van der Waals surface area contributed by atoms with Crippen LogP contribution in [0.15, 0.2) is 34.6 Å². The van der Waals surface area contributed by atoms with Gasteiger partial charge in [0.15, 0.2) is 0 Å². The summed E-state index contributed by atoms with van der Waals surface area (Å²) in [6.07, 6.45) is 0. The van der Waals surface area contributed by atoms with E-state index in [-0.39, 0.29) is 17.3 Å². The fourth-order valence-electron chi connectivity index (χ4n) is 1.69. The maximum Gasteiger partial charge on any atom is 0.257 e. The second kappa shape index (κ2) is 5.90. The van der Waals surface area contributed by atoms with Gasteiger partial charge in [0.05, 0.1) is 12.8 Å². The number of aliphatic imine (C=N–C) groups is 1. The first kappa shape index (κ1) is 14.6. The zero-order chi connectivity index (χ0) is 14.6. The molecular weight excluding hydrogens is 244 g/mol. The minimum atomic E-state index is -0.787. The van der Waals surface area contributed by atoms with Crippen LogP contribution in [0.3, 0.4) is 0 Å². The van der Waals surface area contributed by atoms with Gasteiger partial charge in [-0.1, -0.05) is 6.07 Å². The number of primary amides is 1. The average Bonchev–Trinajstić information content (AvgIpc) is 2.26. The van der Waals surface area contributed by atoms with Gasteiger partial charge in [-0.2, -0.15) is 0 Å². The average molecular weight is 262 g/mol. The third kappa shape index (κ3) is 3.74. The summed E-state index contributed by atoms with van der Waals surface area (Å²) in [7, 11) is 1.32. The highest BCUT2D eigenvalue weighted by Gasteiger charge is 2.16. The highest BCUT2D eigenvalue weighted by molar-refractivity contribution is 6.20. The number of rotatable bonds is 4. The Hall–Kier alpha value is -2.50. The van der Waals surface area contributed by atoms with Gasteiger partial charge in [0.1, 0.15) is 11.4 Å². The van der Waals surface area contributed by atoms with Crippen LogP contribution in [0.25, 0.3) is 0 Å². The second-order valence-corrected chi connectivity index (χ2v) is 4.15. The summed E-state index contributed by atoms with van der Waals surface area (Å²) >= 11 is 0. The van der Waals surface area contributed by atoms with E-state index >= 15 is 0 Å². The normalized spacial score (nSPS) is 12.9. The van der Waals surface area contributed by atoms with Gasteiger partial charge in [-0.05, 0) is 37.1 Å². The highest BCUT2D eigenvalue weighted by Crippen LogP contribution is 2.18. The van der Waals surface area contributed by atoms with E-state index in [1.54, 1.807) is 0 Å². The van der Waals surface area contributed by atoms with Gasteiger partial charge in [0.2, 0.25) is 5.88 Å². The number of nitrogens with two attached hydrogens (primary N) is 3. The van der Waals surface area contributed by atoms with E-state index in [1.165, 1.54) is 7.11 Å². The largest absolute Gasteiger partial charge is 0.482 e. The molecule has 1 aromatic carbocycles. The number of amides is 1. The second-order valence-electron chi connectivity index (χ2n) is 4.15. The summed E-state index contributed by atoms with van der Waals surface area (Å²) in [4.78, 5) is 15.5. The van der Waals surface area contributed by atoms with E-state index in [0.29, 0.717) is 5.69 Å². The van der Waals surface area contributed by atoms with Crippen LogP contribution in [0.1, 0.15) is 11.1 Å². The van der Waals surface area contributed by atoms with E-state index < -0.39 is 5.91 Å². The first-order valence-corrected chi connectivity index (χ1v) is 5.61. The molecule has 0 aromatic heterocycles. The number of ether oxygens (including phenoxy) is 1. The number of hydrogen-bond donors (Lipinski definition) is 3. The molecule has 1 rings (SSSR count). The number of amidine groups is 1. The van der Waals surface area contributed by atoms with Crippen molar-refractivity contribution in [3.8, 4) is 0 Å². The molecule has 0 saturated carbocycles. The Labute approximate surface area is 111 Å². The van der Waals surface area contributed by atoms with Gasteiger partial charge in [-0.15, -0.1) is 0 Å². The molecular formula is C13H18N4O2. The van der Waals surface area contributed by atoms with Crippen molar-refractivity contribution >= 4 is 17.4 Å². The van der Waals surface area contributed by atoms with E-state index in [9.17, 15) is 4.79 Å². The topological polar surface area (TPSA) is 117 Å². The van der Waals surface area contributed by atoms with Crippen LogP contribution in [-0.2, 0) is 9.53 Å². The summed E-state index contributed by atoms with van der Waals surface area (Å²) < 4.78 is 4.78. The Morgan fingerprint density at radius 3 is 2.05 bits per heavy atom. The molecule has 19 heavy (non-hydrogen) atoms. The molecule has 0 heterocycles. The molecule has 6 N–H and O–H groups in total. The van der Waals surface area contributed by atoms with E-state index in [4.69, 9.17) is 21.9 Å². The number of methoxy groups -OCH3 is 1. The summed E-state index contributed by atoms with van der Waals surface area (Å²) in [6, 6.07) is 5.67. The smallest absolute Gasteiger partial charge is 0.257 e. The quantitative estimate of drug-likeness (QED) is 0.318. The van der Waals surface area contributed by atoms with E-state index in [2.05, 4.69) is 4.99 Å². The molecule has 0 aliphatic heterocycles. The number of carbonyl (C=O) groups is 1. The first-order valence-electron chi connectivity index (χ1n) is 5.61. The number of benzene rings is 1. The number of nitrogens with zero attached hydrogens (tertiary/aromatic N) is 1. The van der Waals surface area contributed by atoms with E-state index in [1.807, 2.05) is 32.0 Å². The lowest BCUT2D eigenvalue weighted by Gasteiger charge is -2.07. The monoisotopic (exact) mass is 262 g/mol. The molecule has 0 atom stereocenters. The van der Waals surface area contributed by atoms with Crippen LogP contribution in [0.4, 0.5) is 5.69 Å². The fraction of sp³-hybridized carbons (Fsp3) is 0.231. The predicted octanol–water partition coefficient (Wildman–Crippen LogP) is 0.594. The summed E-state index contributed by atoms with van der Waals surface area (Å²) in [5.74, 6) is -1.01. The lowest BCUT2D eigenvalue weighted by Crippen LogP contribution is -2.30. The minimum absolute atomic E-state index is 0.0724. The molecule has 0 aliphatic carbocycles. The lowest BCUT2D eigenvalue weighted by atomic mass is 10.1. The molecule has 6 nitrogen and oxygen atoms in total. The van der Waals surface area contributed by atoms with Gasteiger partial charge in [0, 0.05) is 0 Å². The highest BCUT2D eigenvalue weighted by atomic mass is 16.5. The Balaban J connectivity index is 3.27. The Morgan fingerprint density at radius 2 is 1.63 bits per heavy atom. The molecule has 0 unspecified atom stereocenters. The zero-order valence-corrected chi connectivity index (χ0v) is 11.2. The molecule has 0 aliphatic rings. The van der Waals surface area contributed by atoms with Crippen molar-refractivity contribution < 1.29 is 9.53 Å². The third-order valence-corrected chi connectivity index (χ3v) is 2.42. The maximum atomic E-state index is 11.3. The van der Waals surface area contributed by atoms with Crippen LogP contribution in [0.2, 0.25) is 0 Å². The molecule has 0 spiro atoms. The van der Waals surface area contributed by atoms with Crippen LogP contribution < -0.4 is 17.2 Å². The Morgan fingerprint density at radius 1 is 1.11 bits per heavy atom. The molecule has 0 saturated heterocycles. The third-order valence-electron chi connectivity index (χ3n) is 2.42. The molecule has 102 valence electrons. The van der Waals surface area contributed by atoms with Crippen LogP contribution in [0.5, 0.6) is 0 Å². The van der Waals surface area contributed by atoms with Crippen molar-refractivity contribution in [3.63, 3.8) is 0 Å². The van der Waals surface area contributed by atoms with Crippen LogP contribution >= 0.6 is 0 Å². The van der Waals surface area contributed by atoms with Crippen molar-refractivity contribution in [3.05, 3.63) is 40.8 Å². The van der Waals surface area contributed by atoms with Gasteiger partial charge in [-0.3, -0.25) is 4.79 Å². The number of carbonyl (C=O) groups excluding carboxylic acids is 1. The van der Waals surface area contributed by atoms with Gasteiger partial charge in [0.25, 0.3) is 5.91 Å². The van der Waals surface area contributed by atoms with Crippen molar-refractivity contribution in [2.24, 2.45) is 22.2 Å². The lowest BCUT2D eigenvalue weighted by molar-refractivity contribution is -0.114. The summed E-state index contributed by atoms with van der Waals surface area (Å²) in [6.45, 7) is 3.88. The molecule has 6 heteroatoms. The van der Waals surface area contributed by atoms with Crippen molar-refractivity contribution in [2.45, 2.75) is 13.8 Å². The van der Waals surface area contributed by atoms with Crippen molar-refractivity contribution in [1.82, 2.24) is 0 Å². The van der Waals surface area contributed by atoms with Gasteiger partial charge in [-0.25, -0.2) is 4.99 Å². The first-order chi connectivity index (χ1) is 8.85. The SMILES string of the molecule is COC(N)=C(C(N)=O)C(N)=Nc1cc(C)cc(C)c1. The number of aryl methyl sites for hydroxylation is 2. The van der Waals surface area contributed by atoms with Crippen LogP contribution in [0, 0.1) is 13.8 Å². The fourth-order valence-corrected chi connectivity index (χ4v) is 1.69. The standard InChI is InChI=1S/C13H18N4O2/c1-7-4-8(2)6-9(5-7)17-11(14)10(12(15)18)13(16)19-3/h4-6H,16H2,1-3H3,(H2,14,17)(H2,15,18). The molecule has 0 bridgehead atoms. The van der Waals surface area contributed by atoms with Gasteiger partial charge < -0.3 is 21.9 Å². The number of hydrogen-bond acceptors (Lipinski definition) is 4. The summed E-state index contributed by atoms with van der Waals surface area (Å²) in [5.41, 5.74) is 19.1.